The van der Waals surface area contributed by atoms with Crippen LogP contribution in [0.5, 0.6) is 11.5 Å². The molecule has 1 aromatic heterocycles. The third-order valence-electron chi connectivity index (χ3n) is 5.66. The van der Waals surface area contributed by atoms with E-state index in [-0.39, 0.29) is 16.9 Å². The number of hydrogen-bond donors (Lipinski definition) is 2. The molecule has 2 N–H and O–H groups in total. The molecule has 3 aromatic rings. The molecule has 8 nitrogen and oxygen atoms in total. The summed E-state index contributed by atoms with van der Waals surface area (Å²) in [6.45, 7) is 2.90. The Morgan fingerprint density at radius 3 is 2.29 bits per heavy atom. The highest BCUT2D eigenvalue weighted by Crippen LogP contribution is 2.27. The fourth-order valence-corrected chi connectivity index (χ4v) is 4.70. The van der Waals surface area contributed by atoms with Gasteiger partial charge in [-0.1, -0.05) is 6.07 Å². The SMILES string of the molecule is COc1ccc(C(=O)NC(=S)Nc2ccc(N3CCN(C(=O)c4cccs4)CC3)cc2)cc1OC. The second-order valence-corrected chi connectivity index (χ2v) is 9.14. The van der Waals surface area contributed by atoms with E-state index in [1.54, 1.807) is 18.2 Å². The lowest BCUT2D eigenvalue weighted by Gasteiger charge is -2.36. The van der Waals surface area contributed by atoms with Crippen LogP contribution in [0.3, 0.4) is 0 Å². The molecule has 0 atom stereocenters. The lowest BCUT2D eigenvalue weighted by atomic mass is 10.2. The van der Waals surface area contributed by atoms with E-state index in [4.69, 9.17) is 21.7 Å². The van der Waals surface area contributed by atoms with Crippen LogP contribution in [-0.2, 0) is 0 Å². The van der Waals surface area contributed by atoms with Crippen molar-refractivity contribution in [1.29, 1.82) is 0 Å². The van der Waals surface area contributed by atoms with E-state index >= 15 is 0 Å². The molecule has 4 rings (SSSR count). The molecule has 2 heterocycles. The highest BCUT2D eigenvalue weighted by atomic mass is 32.1. The van der Waals surface area contributed by atoms with E-state index < -0.39 is 0 Å². The van der Waals surface area contributed by atoms with E-state index in [9.17, 15) is 9.59 Å². The number of amides is 2. The number of thiophene rings is 1. The average molecular weight is 511 g/mol. The fraction of sp³-hybridized carbons (Fsp3) is 0.240. The van der Waals surface area contributed by atoms with Crippen LogP contribution in [0.25, 0.3) is 0 Å². The minimum absolute atomic E-state index is 0.0999. The first-order valence-electron chi connectivity index (χ1n) is 11.0. The molecule has 10 heteroatoms. The first-order valence-corrected chi connectivity index (χ1v) is 12.3. The van der Waals surface area contributed by atoms with E-state index in [2.05, 4.69) is 15.5 Å². The summed E-state index contributed by atoms with van der Waals surface area (Å²) in [5, 5.41) is 7.83. The number of piperazine rings is 1. The van der Waals surface area contributed by atoms with Gasteiger partial charge in [-0.2, -0.15) is 0 Å². The zero-order valence-electron chi connectivity index (χ0n) is 19.4. The monoisotopic (exact) mass is 510 g/mol. The molecule has 1 aliphatic heterocycles. The van der Waals surface area contributed by atoms with Gasteiger partial charge in [-0.15, -0.1) is 11.3 Å². The Kier molecular flexibility index (Phi) is 7.84. The van der Waals surface area contributed by atoms with Crippen molar-refractivity contribution in [3.8, 4) is 11.5 Å². The summed E-state index contributed by atoms with van der Waals surface area (Å²) in [6.07, 6.45) is 0. The van der Waals surface area contributed by atoms with Gasteiger partial charge in [0, 0.05) is 43.1 Å². The molecule has 0 aliphatic carbocycles. The maximum atomic E-state index is 12.6. The van der Waals surface area contributed by atoms with Crippen LogP contribution in [0.1, 0.15) is 20.0 Å². The van der Waals surface area contributed by atoms with Crippen molar-refractivity contribution in [3.05, 3.63) is 70.4 Å². The molecule has 0 unspecified atom stereocenters. The molecule has 182 valence electrons. The van der Waals surface area contributed by atoms with Gasteiger partial charge in [0.1, 0.15) is 0 Å². The third-order valence-corrected chi connectivity index (χ3v) is 6.72. The summed E-state index contributed by atoms with van der Waals surface area (Å²) < 4.78 is 10.4. The molecule has 1 fully saturated rings. The number of ether oxygens (including phenoxy) is 2. The standard InChI is InChI=1S/C25H26N4O4S2/c1-32-20-10-5-17(16-21(20)33-2)23(30)27-25(34)26-18-6-8-19(9-7-18)28-11-13-29(14-12-28)24(31)22-4-3-15-35-22/h3-10,15-16H,11-14H2,1-2H3,(H2,26,27,30,34). The summed E-state index contributed by atoms with van der Waals surface area (Å²) >= 11 is 6.78. The summed E-state index contributed by atoms with van der Waals surface area (Å²) in [7, 11) is 3.05. The van der Waals surface area contributed by atoms with Crippen LogP contribution in [0.2, 0.25) is 0 Å². The highest BCUT2D eigenvalue weighted by molar-refractivity contribution is 7.80. The number of thiocarbonyl (C=S) groups is 1. The first kappa shape index (κ1) is 24.5. The second-order valence-electron chi connectivity index (χ2n) is 7.78. The second kappa shape index (κ2) is 11.2. The largest absolute Gasteiger partial charge is 0.493 e. The molecular formula is C25H26N4O4S2. The molecular weight excluding hydrogens is 484 g/mol. The number of carbonyl (C=O) groups excluding carboxylic acids is 2. The summed E-state index contributed by atoms with van der Waals surface area (Å²) in [5.74, 6) is 0.754. The number of nitrogens with zero attached hydrogens (tertiary/aromatic N) is 2. The quantitative estimate of drug-likeness (QED) is 0.488. The van der Waals surface area contributed by atoms with Gasteiger partial charge in [0.15, 0.2) is 16.6 Å². The van der Waals surface area contributed by atoms with Crippen molar-refractivity contribution in [1.82, 2.24) is 10.2 Å². The van der Waals surface area contributed by atoms with Gasteiger partial charge in [0.05, 0.1) is 19.1 Å². The Labute approximate surface area is 213 Å². The van der Waals surface area contributed by atoms with Crippen molar-refractivity contribution in [2.24, 2.45) is 0 Å². The van der Waals surface area contributed by atoms with Crippen molar-refractivity contribution in [2.45, 2.75) is 0 Å². The Morgan fingerprint density at radius 2 is 1.66 bits per heavy atom. The Bertz CT molecular complexity index is 1190. The third kappa shape index (κ3) is 5.90. The van der Waals surface area contributed by atoms with Crippen molar-refractivity contribution >= 4 is 51.9 Å². The Hall–Kier alpha value is -3.63. The predicted molar refractivity (Wildman–Crippen MR) is 142 cm³/mol. The van der Waals surface area contributed by atoms with Crippen LogP contribution >= 0.6 is 23.6 Å². The molecule has 0 radical (unpaired) electrons. The minimum Gasteiger partial charge on any atom is -0.493 e. The number of nitrogens with one attached hydrogen (secondary N) is 2. The van der Waals surface area contributed by atoms with Crippen LogP contribution in [0, 0.1) is 0 Å². The van der Waals surface area contributed by atoms with Gasteiger partial charge < -0.3 is 24.6 Å². The summed E-state index contributed by atoms with van der Waals surface area (Å²) in [4.78, 5) is 30.0. The van der Waals surface area contributed by atoms with Gasteiger partial charge in [-0.25, -0.2) is 0 Å². The number of rotatable bonds is 6. The molecule has 35 heavy (non-hydrogen) atoms. The molecule has 0 spiro atoms. The topological polar surface area (TPSA) is 83.1 Å². The maximum Gasteiger partial charge on any atom is 0.264 e. The first-order chi connectivity index (χ1) is 17.0. The zero-order chi connectivity index (χ0) is 24.8. The van der Waals surface area contributed by atoms with Crippen LogP contribution in [0.4, 0.5) is 11.4 Å². The van der Waals surface area contributed by atoms with Gasteiger partial charge in [0.25, 0.3) is 11.8 Å². The minimum atomic E-state index is -0.352. The maximum absolute atomic E-state index is 12.6. The van der Waals surface area contributed by atoms with Crippen molar-refractivity contribution in [3.63, 3.8) is 0 Å². The molecule has 0 saturated carbocycles. The lowest BCUT2D eigenvalue weighted by molar-refractivity contribution is 0.0751. The molecule has 1 saturated heterocycles. The van der Waals surface area contributed by atoms with E-state index in [0.717, 1.165) is 29.3 Å². The van der Waals surface area contributed by atoms with Gasteiger partial charge in [-0.3, -0.25) is 14.9 Å². The Balaban J connectivity index is 1.29. The normalized spacial score (nSPS) is 13.2. The van der Waals surface area contributed by atoms with Crippen LogP contribution < -0.4 is 25.0 Å². The zero-order valence-corrected chi connectivity index (χ0v) is 21.1. The van der Waals surface area contributed by atoms with E-state index in [0.29, 0.717) is 30.2 Å². The number of hydrogen-bond acceptors (Lipinski definition) is 7. The van der Waals surface area contributed by atoms with Crippen LogP contribution in [0.15, 0.2) is 60.0 Å². The van der Waals surface area contributed by atoms with E-state index in [1.165, 1.54) is 25.6 Å². The van der Waals surface area contributed by atoms with Crippen molar-refractivity contribution < 1.29 is 19.1 Å². The predicted octanol–water partition coefficient (Wildman–Crippen LogP) is 3.85. The molecule has 2 amide bonds. The number of benzene rings is 2. The summed E-state index contributed by atoms with van der Waals surface area (Å²) in [6, 6.07) is 16.5. The average Bonchev–Trinajstić information content (AvgIpc) is 3.43. The lowest BCUT2D eigenvalue weighted by Crippen LogP contribution is -2.48. The number of carbonyl (C=O) groups is 2. The molecule has 1 aliphatic rings. The van der Waals surface area contributed by atoms with Gasteiger partial charge in [-0.05, 0) is 66.1 Å². The highest BCUT2D eigenvalue weighted by Gasteiger charge is 2.23. The van der Waals surface area contributed by atoms with Gasteiger partial charge >= 0.3 is 0 Å². The van der Waals surface area contributed by atoms with E-state index in [1.807, 2.05) is 46.7 Å². The number of methoxy groups -OCH3 is 2. The fourth-order valence-electron chi connectivity index (χ4n) is 3.79. The molecule has 2 aromatic carbocycles. The number of anilines is 2. The van der Waals surface area contributed by atoms with Gasteiger partial charge in [0.2, 0.25) is 0 Å². The molecule has 0 bridgehead atoms. The Morgan fingerprint density at radius 1 is 0.943 bits per heavy atom. The van der Waals surface area contributed by atoms with Crippen LogP contribution in [-0.4, -0.2) is 62.2 Å². The smallest absolute Gasteiger partial charge is 0.264 e. The van der Waals surface area contributed by atoms with Crippen molar-refractivity contribution in [2.75, 3.05) is 50.6 Å². The summed E-state index contributed by atoms with van der Waals surface area (Å²) in [5.41, 5.74) is 2.23.